The number of fused-ring (bicyclic) bond motifs is 1. The Hall–Kier alpha value is -1.69. The van der Waals surface area contributed by atoms with Crippen molar-refractivity contribution in [1.29, 1.82) is 0 Å². The predicted octanol–water partition coefficient (Wildman–Crippen LogP) is 3.85. The van der Waals surface area contributed by atoms with E-state index in [9.17, 15) is 5.11 Å². The summed E-state index contributed by atoms with van der Waals surface area (Å²) < 4.78 is 7.73. The minimum atomic E-state index is 0.0924. The quantitative estimate of drug-likeness (QED) is 0.520. The maximum atomic E-state index is 9.27. The van der Waals surface area contributed by atoms with Crippen LogP contribution in [0.1, 0.15) is 0 Å². The number of ether oxygens (including phenoxy) is 1. The number of imidazole rings is 1. The van der Waals surface area contributed by atoms with Gasteiger partial charge in [-0.3, -0.25) is 0 Å². The molecule has 0 unspecified atom stereocenters. The van der Waals surface area contributed by atoms with Crippen LogP contribution in [0, 0.1) is 0 Å². The van der Waals surface area contributed by atoms with Gasteiger partial charge in [0.1, 0.15) is 5.75 Å². The number of rotatable bonds is 7. The summed E-state index contributed by atoms with van der Waals surface area (Å²) in [5, 5.41) is 10.9. The molecule has 1 aromatic heterocycles. The largest absolute Gasteiger partial charge is 0.493 e. The van der Waals surface area contributed by atoms with Crippen LogP contribution in [0.3, 0.4) is 0 Å². The van der Waals surface area contributed by atoms with Crippen molar-refractivity contribution >= 4 is 34.4 Å². The third kappa shape index (κ3) is 3.99. The number of hydrogen-bond donors (Lipinski definition) is 1. The van der Waals surface area contributed by atoms with Gasteiger partial charge >= 0.3 is 0 Å². The van der Waals surface area contributed by atoms with Gasteiger partial charge in [0.25, 0.3) is 0 Å². The van der Waals surface area contributed by atoms with E-state index < -0.39 is 0 Å². The number of aliphatic hydroxyl groups excluding tert-OH is 1. The monoisotopic (exact) mass is 348 g/mol. The third-order valence-electron chi connectivity index (χ3n) is 3.34. The van der Waals surface area contributed by atoms with Crippen LogP contribution in [-0.4, -0.2) is 33.6 Å². The van der Waals surface area contributed by atoms with Crippen molar-refractivity contribution in [2.45, 2.75) is 11.7 Å². The molecule has 0 atom stereocenters. The highest BCUT2D eigenvalue weighted by molar-refractivity contribution is 7.99. The fourth-order valence-electron chi connectivity index (χ4n) is 2.30. The molecule has 0 aliphatic carbocycles. The minimum Gasteiger partial charge on any atom is -0.493 e. The number of para-hydroxylation sites is 2. The highest BCUT2D eigenvalue weighted by Crippen LogP contribution is 2.24. The Labute approximate surface area is 144 Å². The van der Waals surface area contributed by atoms with E-state index in [0.29, 0.717) is 18.2 Å². The van der Waals surface area contributed by atoms with Gasteiger partial charge in [-0.15, -0.1) is 0 Å². The van der Waals surface area contributed by atoms with Crippen molar-refractivity contribution in [2.24, 2.45) is 0 Å². The van der Waals surface area contributed by atoms with E-state index >= 15 is 0 Å². The van der Waals surface area contributed by atoms with E-state index in [1.165, 1.54) is 0 Å². The normalized spacial score (nSPS) is 11.0. The van der Waals surface area contributed by atoms with Crippen LogP contribution in [0.15, 0.2) is 53.7 Å². The van der Waals surface area contributed by atoms with Gasteiger partial charge in [-0.25, -0.2) is 4.98 Å². The predicted molar refractivity (Wildman–Crippen MR) is 94.5 cm³/mol. The molecule has 2 aromatic carbocycles. The SMILES string of the molecule is OCCn1c(SCCOc2ccc(Cl)cc2)nc2ccccc21. The Morgan fingerprint density at radius 2 is 1.91 bits per heavy atom. The maximum Gasteiger partial charge on any atom is 0.169 e. The fourth-order valence-corrected chi connectivity index (χ4v) is 3.29. The van der Waals surface area contributed by atoms with Gasteiger partial charge in [-0.1, -0.05) is 35.5 Å². The number of aliphatic hydroxyl groups is 1. The summed E-state index contributed by atoms with van der Waals surface area (Å²) in [4.78, 5) is 4.63. The van der Waals surface area contributed by atoms with Crippen molar-refractivity contribution in [3.63, 3.8) is 0 Å². The Kier molecular flexibility index (Phi) is 5.43. The number of halogens is 1. The number of benzene rings is 2. The molecule has 0 aliphatic rings. The number of hydrogen-bond acceptors (Lipinski definition) is 4. The van der Waals surface area contributed by atoms with Gasteiger partial charge in [0.15, 0.2) is 5.16 Å². The Bertz CT molecular complexity index is 774. The molecule has 120 valence electrons. The molecule has 4 nitrogen and oxygen atoms in total. The Morgan fingerprint density at radius 3 is 2.70 bits per heavy atom. The lowest BCUT2D eigenvalue weighted by atomic mass is 10.3. The zero-order valence-electron chi connectivity index (χ0n) is 12.5. The average Bonchev–Trinajstić information content (AvgIpc) is 2.92. The zero-order chi connectivity index (χ0) is 16.1. The zero-order valence-corrected chi connectivity index (χ0v) is 14.1. The molecule has 3 aromatic rings. The van der Waals surface area contributed by atoms with E-state index in [-0.39, 0.29) is 6.61 Å². The molecule has 1 N–H and O–H groups in total. The molecule has 0 amide bonds. The Morgan fingerprint density at radius 1 is 1.13 bits per heavy atom. The van der Waals surface area contributed by atoms with Crippen molar-refractivity contribution in [3.05, 3.63) is 53.6 Å². The Balaban J connectivity index is 1.62. The first-order valence-electron chi connectivity index (χ1n) is 7.35. The molecule has 23 heavy (non-hydrogen) atoms. The van der Waals surface area contributed by atoms with Crippen molar-refractivity contribution in [3.8, 4) is 5.75 Å². The molecule has 0 bridgehead atoms. The summed E-state index contributed by atoms with van der Waals surface area (Å²) in [6.45, 7) is 1.21. The minimum absolute atomic E-state index is 0.0924. The lowest BCUT2D eigenvalue weighted by Gasteiger charge is -2.08. The topological polar surface area (TPSA) is 47.3 Å². The molecule has 0 saturated heterocycles. The number of thioether (sulfide) groups is 1. The highest BCUT2D eigenvalue weighted by Gasteiger charge is 2.10. The lowest BCUT2D eigenvalue weighted by molar-refractivity contribution is 0.273. The van der Waals surface area contributed by atoms with Crippen molar-refractivity contribution < 1.29 is 9.84 Å². The van der Waals surface area contributed by atoms with Crippen LogP contribution >= 0.6 is 23.4 Å². The van der Waals surface area contributed by atoms with E-state index in [0.717, 1.165) is 27.7 Å². The summed E-state index contributed by atoms with van der Waals surface area (Å²) in [7, 11) is 0. The van der Waals surface area contributed by atoms with Crippen LogP contribution in [0.25, 0.3) is 11.0 Å². The highest BCUT2D eigenvalue weighted by atomic mass is 35.5. The lowest BCUT2D eigenvalue weighted by Crippen LogP contribution is -2.05. The summed E-state index contributed by atoms with van der Waals surface area (Å²) >= 11 is 7.47. The first kappa shape index (κ1) is 16.2. The molecule has 0 aliphatic heterocycles. The smallest absolute Gasteiger partial charge is 0.169 e. The summed E-state index contributed by atoms with van der Waals surface area (Å²) in [5.41, 5.74) is 1.99. The van der Waals surface area contributed by atoms with Gasteiger partial charge < -0.3 is 14.4 Å². The van der Waals surface area contributed by atoms with Gasteiger partial charge in [0, 0.05) is 17.3 Å². The standard InChI is InChI=1S/C17H17ClN2O2S/c18-13-5-7-14(8-6-13)22-11-12-23-17-19-15-3-1-2-4-16(15)20(17)9-10-21/h1-8,21H,9-12H2. The van der Waals surface area contributed by atoms with Crippen LogP contribution in [0.4, 0.5) is 0 Å². The molecule has 0 fully saturated rings. The van der Waals surface area contributed by atoms with E-state index in [4.69, 9.17) is 16.3 Å². The van der Waals surface area contributed by atoms with Gasteiger partial charge in [-0.05, 0) is 36.4 Å². The molecule has 0 spiro atoms. The third-order valence-corrected chi connectivity index (χ3v) is 4.53. The first-order chi connectivity index (χ1) is 11.3. The van der Waals surface area contributed by atoms with Crippen LogP contribution in [0.5, 0.6) is 5.75 Å². The van der Waals surface area contributed by atoms with E-state index in [2.05, 4.69) is 4.98 Å². The van der Waals surface area contributed by atoms with Gasteiger partial charge in [0.05, 0.1) is 24.2 Å². The second-order valence-electron chi connectivity index (χ2n) is 4.91. The summed E-state index contributed by atoms with van der Waals surface area (Å²) in [6, 6.07) is 15.3. The molecule has 0 saturated carbocycles. The molecule has 3 rings (SSSR count). The fraction of sp³-hybridized carbons (Fsp3) is 0.235. The van der Waals surface area contributed by atoms with Gasteiger partial charge in [0.2, 0.25) is 0 Å². The summed E-state index contributed by atoms with van der Waals surface area (Å²) in [6.07, 6.45) is 0. The number of aromatic nitrogens is 2. The second kappa shape index (κ2) is 7.73. The van der Waals surface area contributed by atoms with Gasteiger partial charge in [-0.2, -0.15) is 0 Å². The molecule has 1 heterocycles. The molecule has 0 radical (unpaired) electrons. The first-order valence-corrected chi connectivity index (χ1v) is 8.71. The van der Waals surface area contributed by atoms with Crippen LogP contribution in [0.2, 0.25) is 5.02 Å². The van der Waals surface area contributed by atoms with E-state index in [1.54, 1.807) is 11.8 Å². The van der Waals surface area contributed by atoms with Crippen LogP contribution < -0.4 is 4.74 Å². The van der Waals surface area contributed by atoms with Crippen molar-refractivity contribution in [2.75, 3.05) is 19.0 Å². The second-order valence-corrected chi connectivity index (χ2v) is 6.41. The number of nitrogens with zero attached hydrogens (tertiary/aromatic N) is 2. The summed E-state index contributed by atoms with van der Waals surface area (Å²) in [5.74, 6) is 1.58. The van der Waals surface area contributed by atoms with E-state index in [1.807, 2.05) is 53.1 Å². The molecular formula is C17H17ClN2O2S. The maximum absolute atomic E-state index is 9.27. The average molecular weight is 349 g/mol. The molecular weight excluding hydrogens is 332 g/mol. The molecule has 6 heteroatoms. The van der Waals surface area contributed by atoms with Crippen molar-refractivity contribution in [1.82, 2.24) is 9.55 Å². The van der Waals surface area contributed by atoms with Crippen LogP contribution in [-0.2, 0) is 6.54 Å².